The van der Waals surface area contributed by atoms with Gasteiger partial charge in [0, 0.05) is 31.2 Å². The van der Waals surface area contributed by atoms with Gasteiger partial charge in [0.2, 0.25) is 0 Å². The molecule has 0 aliphatic carbocycles. The molecular formula is C14H27NO2. The van der Waals surface area contributed by atoms with E-state index in [0.29, 0.717) is 6.61 Å². The molecule has 0 bridgehead atoms. The van der Waals surface area contributed by atoms with Gasteiger partial charge in [-0.1, -0.05) is 13.3 Å². The number of rotatable bonds is 4. The van der Waals surface area contributed by atoms with Gasteiger partial charge in [-0.05, 0) is 38.6 Å². The molecule has 0 amide bonds. The average molecular weight is 241 g/mol. The number of hydrogen-bond acceptors (Lipinski definition) is 3. The van der Waals surface area contributed by atoms with E-state index in [2.05, 4.69) is 11.8 Å². The Kier molecular flexibility index (Phi) is 4.83. The van der Waals surface area contributed by atoms with Crippen LogP contribution in [0.1, 0.15) is 45.4 Å². The monoisotopic (exact) mass is 241 g/mol. The van der Waals surface area contributed by atoms with Crippen molar-refractivity contribution in [2.75, 3.05) is 32.9 Å². The van der Waals surface area contributed by atoms with Crippen LogP contribution < -0.4 is 0 Å². The fourth-order valence-corrected chi connectivity index (χ4v) is 3.33. The first-order valence-corrected chi connectivity index (χ1v) is 7.22. The molecule has 1 unspecified atom stereocenters. The molecule has 0 saturated carbocycles. The van der Waals surface area contributed by atoms with Gasteiger partial charge in [-0.2, -0.15) is 0 Å². The summed E-state index contributed by atoms with van der Waals surface area (Å²) in [5, 5.41) is 9.75. The molecule has 2 fully saturated rings. The highest BCUT2D eigenvalue weighted by Crippen LogP contribution is 2.33. The molecular weight excluding hydrogens is 214 g/mol. The Morgan fingerprint density at radius 1 is 1.29 bits per heavy atom. The van der Waals surface area contributed by atoms with Crippen LogP contribution in [-0.4, -0.2) is 49.0 Å². The fourth-order valence-electron chi connectivity index (χ4n) is 3.33. The van der Waals surface area contributed by atoms with Crippen LogP contribution in [0.4, 0.5) is 0 Å². The largest absolute Gasteiger partial charge is 0.396 e. The molecule has 1 N–H and O–H groups in total. The highest BCUT2D eigenvalue weighted by atomic mass is 16.5. The summed E-state index contributed by atoms with van der Waals surface area (Å²) >= 11 is 0. The van der Waals surface area contributed by atoms with E-state index in [1.54, 1.807) is 0 Å². The summed E-state index contributed by atoms with van der Waals surface area (Å²) < 4.78 is 5.44. The molecule has 2 heterocycles. The van der Waals surface area contributed by atoms with Gasteiger partial charge in [-0.3, -0.25) is 4.90 Å². The lowest BCUT2D eigenvalue weighted by Gasteiger charge is -2.44. The van der Waals surface area contributed by atoms with Gasteiger partial charge >= 0.3 is 0 Å². The minimum absolute atomic E-state index is 0.114. The first kappa shape index (κ1) is 13.3. The van der Waals surface area contributed by atoms with Crippen molar-refractivity contribution in [3.8, 4) is 0 Å². The Hall–Kier alpha value is -0.120. The summed E-state index contributed by atoms with van der Waals surface area (Å²) in [5.41, 5.74) is 0.114. The maximum atomic E-state index is 9.75. The van der Waals surface area contributed by atoms with Gasteiger partial charge in [-0.15, -0.1) is 0 Å². The molecule has 1 atom stereocenters. The number of likely N-dealkylation sites (tertiary alicyclic amines) is 1. The smallest absolute Gasteiger partial charge is 0.0501 e. The third kappa shape index (κ3) is 3.21. The zero-order valence-electron chi connectivity index (χ0n) is 11.2. The Bertz CT molecular complexity index is 226. The van der Waals surface area contributed by atoms with Crippen LogP contribution in [0.25, 0.3) is 0 Å². The SMILES string of the molecule is CCC1CCCCN1CC1(CO)CCOCC1. The summed E-state index contributed by atoms with van der Waals surface area (Å²) in [4.78, 5) is 2.63. The topological polar surface area (TPSA) is 32.7 Å². The van der Waals surface area contributed by atoms with Crippen molar-refractivity contribution >= 4 is 0 Å². The number of piperidine rings is 1. The second-order valence-corrected chi connectivity index (χ2v) is 5.80. The third-order valence-electron chi connectivity index (χ3n) is 4.65. The standard InChI is InChI=1S/C14H27NO2/c1-2-13-5-3-4-8-15(13)11-14(12-16)6-9-17-10-7-14/h13,16H,2-12H2,1H3. The van der Waals surface area contributed by atoms with Crippen molar-refractivity contribution in [1.29, 1.82) is 0 Å². The van der Waals surface area contributed by atoms with Crippen LogP contribution in [0.15, 0.2) is 0 Å². The zero-order valence-corrected chi connectivity index (χ0v) is 11.2. The normalized spacial score (nSPS) is 30.4. The second kappa shape index (κ2) is 6.17. The molecule has 0 radical (unpaired) electrons. The van der Waals surface area contributed by atoms with Gasteiger partial charge in [0.15, 0.2) is 0 Å². The molecule has 0 aromatic carbocycles. The predicted molar refractivity (Wildman–Crippen MR) is 69.1 cm³/mol. The lowest BCUT2D eigenvalue weighted by Crippen LogP contribution is -2.49. The maximum absolute atomic E-state index is 9.75. The average Bonchev–Trinajstić information content (AvgIpc) is 2.40. The van der Waals surface area contributed by atoms with Gasteiger partial charge in [0.1, 0.15) is 0 Å². The third-order valence-corrected chi connectivity index (χ3v) is 4.65. The summed E-state index contributed by atoms with van der Waals surface area (Å²) in [6, 6.07) is 0.745. The number of ether oxygens (including phenoxy) is 1. The van der Waals surface area contributed by atoms with Crippen LogP contribution in [0.2, 0.25) is 0 Å². The van der Waals surface area contributed by atoms with E-state index in [9.17, 15) is 5.11 Å². The van der Waals surface area contributed by atoms with Crippen LogP contribution in [-0.2, 0) is 4.74 Å². The fraction of sp³-hybridized carbons (Fsp3) is 1.00. The second-order valence-electron chi connectivity index (χ2n) is 5.80. The molecule has 2 rings (SSSR count). The quantitative estimate of drug-likeness (QED) is 0.817. The van der Waals surface area contributed by atoms with Crippen molar-refractivity contribution in [3.63, 3.8) is 0 Å². The van der Waals surface area contributed by atoms with Crippen molar-refractivity contribution in [3.05, 3.63) is 0 Å². The number of aliphatic hydroxyl groups excluding tert-OH is 1. The first-order chi connectivity index (χ1) is 8.29. The molecule has 0 aromatic heterocycles. The Balaban J connectivity index is 1.96. The van der Waals surface area contributed by atoms with Crippen molar-refractivity contribution in [2.24, 2.45) is 5.41 Å². The van der Waals surface area contributed by atoms with E-state index in [4.69, 9.17) is 4.74 Å². The molecule has 3 heteroatoms. The van der Waals surface area contributed by atoms with Gasteiger partial charge < -0.3 is 9.84 Å². The number of nitrogens with zero attached hydrogens (tertiary/aromatic N) is 1. The molecule has 2 saturated heterocycles. The van der Waals surface area contributed by atoms with Crippen molar-refractivity contribution in [2.45, 2.75) is 51.5 Å². The van der Waals surface area contributed by atoms with Crippen LogP contribution >= 0.6 is 0 Å². The predicted octanol–water partition coefficient (Wildman–Crippen LogP) is 2.04. The molecule has 17 heavy (non-hydrogen) atoms. The first-order valence-electron chi connectivity index (χ1n) is 7.22. The van der Waals surface area contributed by atoms with Crippen LogP contribution in [0.3, 0.4) is 0 Å². The summed E-state index contributed by atoms with van der Waals surface area (Å²) in [6.45, 7) is 6.56. The number of hydrogen-bond donors (Lipinski definition) is 1. The maximum Gasteiger partial charge on any atom is 0.0501 e. The van der Waals surface area contributed by atoms with Gasteiger partial charge in [0.05, 0.1) is 6.61 Å². The summed E-state index contributed by atoms with van der Waals surface area (Å²) in [6.07, 6.45) is 7.35. The lowest BCUT2D eigenvalue weighted by molar-refractivity contribution is -0.0453. The van der Waals surface area contributed by atoms with E-state index in [0.717, 1.165) is 38.6 Å². The Morgan fingerprint density at radius 2 is 2.06 bits per heavy atom. The van der Waals surface area contributed by atoms with E-state index in [1.165, 1.54) is 32.2 Å². The van der Waals surface area contributed by atoms with Crippen LogP contribution in [0.5, 0.6) is 0 Å². The van der Waals surface area contributed by atoms with E-state index in [-0.39, 0.29) is 5.41 Å². The highest BCUT2D eigenvalue weighted by molar-refractivity contribution is 4.88. The summed E-state index contributed by atoms with van der Waals surface area (Å²) in [7, 11) is 0. The Labute approximate surface area is 105 Å². The zero-order chi connectivity index (χ0) is 12.1. The molecule has 0 spiro atoms. The minimum Gasteiger partial charge on any atom is -0.396 e. The van der Waals surface area contributed by atoms with E-state index < -0.39 is 0 Å². The lowest BCUT2D eigenvalue weighted by atomic mass is 9.79. The Morgan fingerprint density at radius 3 is 2.71 bits per heavy atom. The minimum atomic E-state index is 0.114. The van der Waals surface area contributed by atoms with Crippen molar-refractivity contribution < 1.29 is 9.84 Å². The number of aliphatic hydroxyl groups is 1. The summed E-state index contributed by atoms with van der Waals surface area (Å²) in [5.74, 6) is 0. The molecule has 2 aliphatic rings. The van der Waals surface area contributed by atoms with E-state index in [1.807, 2.05) is 0 Å². The molecule has 100 valence electrons. The van der Waals surface area contributed by atoms with Crippen LogP contribution in [0, 0.1) is 5.41 Å². The van der Waals surface area contributed by atoms with E-state index >= 15 is 0 Å². The highest BCUT2D eigenvalue weighted by Gasteiger charge is 2.36. The molecule has 0 aromatic rings. The molecule has 3 nitrogen and oxygen atoms in total. The van der Waals surface area contributed by atoms with Crippen molar-refractivity contribution in [1.82, 2.24) is 4.90 Å². The van der Waals surface area contributed by atoms with Gasteiger partial charge in [0.25, 0.3) is 0 Å². The molecule has 2 aliphatic heterocycles. The van der Waals surface area contributed by atoms with Gasteiger partial charge in [-0.25, -0.2) is 0 Å².